The van der Waals surface area contributed by atoms with Crippen LogP contribution in [0.2, 0.25) is 10.0 Å². The number of benzene rings is 2. The molecule has 0 saturated carbocycles. The van der Waals surface area contributed by atoms with Crippen molar-refractivity contribution in [1.29, 1.82) is 0 Å². The predicted molar refractivity (Wildman–Crippen MR) is 120 cm³/mol. The Labute approximate surface area is 187 Å². The molecule has 2 aromatic carbocycles. The van der Waals surface area contributed by atoms with Crippen molar-refractivity contribution in [3.8, 4) is 0 Å². The maximum absolute atomic E-state index is 13.2. The van der Waals surface area contributed by atoms with Crippen LogP contribution in [0.1, 0.15) is 30.4 Å². The Morgan fingerprint density at radius 2 is 1.63 bits per heavy atom. The zero-order valence-electron chi connectivity index (χ0n) is 16.6. The first-order valence-electron chi connectivity index (χ1n) is 10.2. The number of amides is 1. The Morgan fingerprint density at radius 1 is 0.967 bits per heavy atom. The van der Waals surface area contributed by atoms with Gasteiger partial charge in [0.25, 0.3) is 0 Å². The molecule has 4 rings (SSSR count). The van der Waals surface area contributed by atoms with Crippen LogP contribution in [0.15, 0.2) is 42.5 Å². The van der Waals surface area contributed by atoms with Crippen LogP contribution in [-0.2, 0) is 27.0 Å². The van der Waals surface area contributed by atoms with Crippen LogP contribution in [0, 0.1) is 5.92 Å². The highest BCUT2D eigenvalue weighted by atomic mass is 35.5. The molecule has 1 amide bonds. The van der Waals surface area contributed by atoms with E-state index in [4.69, 9.17) is 23.2 Å². The number of nitrogens with zero attached hydrogens (tertiary/aromatic N) is 2. The average molecular weight is 467 g/mol. The van der Waals surface area contributed by atoms with E-state index < -0.39 is 10.0 Å². The van der Waals surface area contributed by atoms with E-state index in [1.807, 2.05) is 23.1 Å². The van der Waals surface area contributed by atoms with Crippen molar-refractivity contribution in [3.05, 3.63) is 63.6 Å². The number of fused-ring (bicyclic) bond motifs is 1. The van der Waals surface area contributed by atoms with Gasteiger partial charge in [-0.15, -0.1) is 0 Å². The molecule has 0 atom stereocenters. The third-order valence-electron chi connectivity index (χ3n) is 5.96. The number of aryl methyl sites for hydroxylation is 1. The molecule has 2 aliphatic heterocycles. The quantitative estimate of drug-likeness (QED) is 0.665. The second-order valence-electron chi connectivity index (χ2n) is 7.85. The second-order valence-corrected chi connectivity index (χ2v) is 10.6. The molecule has 0 aromatic heterocycles. The van der Waals surface area contributed by atoms with Crippen molar-refractivity contribution < 1.29 is 13.2 Å². The lowest BCUT2D eigenvalue weighted by Gasteiger charge is -2.36. The number of sulfonamides is 1. The standard InChI is InChI=1S/C22H24Cl2N2O3S/c23-19-7-3-8-20(24)18(19)15-30(28,29)25-13-10-17(11-14-25)22(27)26-12-4-6-16-5-1-2-9-21(16)26/h1-3,5,7-9,17H,4,6,10-15H2. The molecule has 2 aliphatic rings. The van der Waals surface area contributed by atoms with Crippen molar-refractivity contribution in [2.75, 3.05) is 24.5 Å². The summed E-state index contributed by atoms with van der Waals surface area (Å²) in [6.07, 6.45) is 2.98. The molecule has 30 heavy (non-hydrogen) atoms. The number of halogens is 2. The summed E-state index contributed by atoms with van der Waals surface area (Å²) >= 11 is 12.3. The fourth-order valence-corrected chi connectivity index (χ4v) is 6.62. The van der Waals surface area contributed by atoms with Crippen molar-refractivity contribution in [2.45, 2.75) is 31.4 Å². The van der Waals surface area contributed by atoms with E-state index in [2.05, 4.69) is 6.07 Å². The van der Waals surface area contributed by atoms with Crippen molar-refractivity contribution >= 4 is 44.8 Å². The molecule has 0 bridgehead atoms. The molecular formula is C22H24Cl2N2O3S. The van der Waals surface area contributed by atoms with Gasteiger partial charge in [-0.3, -0.25) is 4.79 Å². The molecule has 5 nitrogen and oxygen atoms in total. The van der Waals surface area contributed by atoms with Crippen LogP contribution >= 0.6 is 23.2 Å². The van der Waals surface area contributed by atoms with Gasteiger partial charge in [-0.05, 0) is 49.4 Å². The Kier molecular flexibility index (Phi) is 6.39. The monoisotopic (exact) mass is 466 g/mol. The van der Waals surface area contributed by atoms with E-state index in [-0.39, 0.29) is 17.6 Å². The minimum atomic E-state index is -3.56. The lowest BCUT2D eigenvalue weighted by atomic mass is 9.94. The van der Waals surface area contributed by atoms with Gasteiger partial charge < -0.3 is 4.90 Å². The topological polar surface area (TPSA) is 57.7 Å². The van der Waals surface area contributed by atoms with Gasteiger partial charge >= 0.3 is 0 Å². The third kappa shape index (κ3) is 4.37. The maximum Gasteiger partial charge on any atom is 0.230 e. The van der Waals surface area contributed by atoms with E-state index in [0.29, 0.717) is 41.5 Å². The number of carbonyl (C=O) groups excluding carboxylic acids is 1. The zero-order valence-corrected chi connectivity index (χ0v) is 18.9. The molecule has 2 heterocycles. The zero-order chi connectivity index (χ0) is 21.3. The first kappa shape index (κ1) is 21.6. The van der Waals surface area contributed by atoms with E-state index in [9.17, 15) is 13.2 Å². The van der Waals surface area contributed by atoms with E-state index >= 15 is 0 Å². The number of carbonyl (C=O) groups is 1. The number of para-hydroxylation sites is 1. The van der Waals surface area contributed by atoms with Gasteiger partial charge in [-0.25, -0.2) is 12.7 Å². The van der Waals surface area contributed by atoms with Gasteiger partial charge in [-0.1, -0.05) is 47.5 Å². The smallest absolute Gasteiger partial charge is 0.230 e. The predicted octanol–water partition coefficient (Wildman–Crippen LogP) is 4.51. The highest BCUT2D eigenvalue weighted by molar-refractivity contribution is 7.88. The summed E-state index contributed by atoms with van der Waals surface area (Å²) in [5.41, 5.74) is 2.62. The summed E-state index contributed by atoms with van der Waals surface area (Å²) in [6.45, 7) is 1.38. The van der Waals surface area contributed by atoms with Gasteiger partial charge in [0.05, 0.1) is 5.75 Å². The van der Waals surface area contributed by atoms with Crippen LogP contribution in [0.5, 0.6) is 0 Å². The third-order valence-corrected chi connectivity index (χ3v) is 8.47. The maximum atomic E-state index is 13.2. The molecular weight excluding hydrogens is 443 g/mol. The summed E-state index contributed by atoms with van der Waals surface area (Å²) in [5, 5.41) is 0.694. The molecule has 0 unspecified atom stereocenters. The van der Waals surface area contributed by atoms with Crippen molar-refractivity contribution in [3.63, 3.8) is 0 Å². The first-order chi connectivity index (χ1) is 14.4. The van der Waals surface area contributed by atoms with Crippen molar-refractivity contribution in [2.24, 2.45) is 5.92 Å². The Balaban J connectivity index is 1.42. The van der Waals surface area contributed by atoms with Crippen LogP contribution in [0.3, 0.4) is 0 Å². The number of anilines is 1. The summed E-state index contributed by atoms with van der Waals surface area (Å²) in [6, 6.07) is 13.0. The Hall–Kier alpha value is -1.60. The lowest BCUT2D eigenvalue weighted by molar-refractivity contribution is -0.123. The molecule has 0 spiro atoms. The first-order valence-corrected chi connectivity index (χ1v) is 12.5. The molecule has 8 heteroatoms. The highest BCUT2D eigenvalue weighted by Gasteiger charge is 2.35. The van der Waals surface area contributed by atoms with Gasteiger partial charge in [0.2, 0.25) is 15.9 Å². The van der Waals surface area contributed by atoms with Gasteiger partial charge in [0.15, 0.2) is 0 Å². The minimum absolute atomic E-state index is 0.105. The van der Waals surface area contributed by atoms with Gasteiger partial charge in [-0.2, -0.15) is 0 Å². The Morgan fingerprint density at radius 3 is 2.33 bits per heavy atom. The molecule has 160 valence electrons. The normalized spacial score (nSPS) is 18.3. The highest BCUT2D eigenvalue weighted by Crippen LogP contribution is 2.32. The van der Waals surface area contributed by atoms with Gasteiger partial charge in [0, 0.05) is 46.8 Å². The molecule has 1 saturated heterocycles. The van der Waals surface area contributed by atoms with Crippen LogP contribution in [0.25, 0.3) is 0 Å². The molecule has 0 radical (unpaired) electrons. The molecule has 0 N–H and O–H groups in total. The molecule has 1 fully saturated rings. The van der Waals surface area contributed by atoms with Gasteiger partial charge in [0.1, 0.15) is 0 Å². The second kappa shape index (κ2) is 8.87. The summed E-state index contributed by atoms with van der Waals surface area (Å²) in [4.78, 5) is 15.1. The lowest BCUT2D eigenvalue weighted by Crippen LogP contribution is -2.46. The van der Waals surface area contributed by atoms with Crippen LogP contribution in [-0.4, -0.2) is 38.3 Å². The van der Waals surface area contributed by atoms with E-state index in [1.54, 1.807) is 18.2 Å². The average Bonchev–Trinajstić information content (AvgIpc) is 2.75. The number of hydrogen-bond acceptors (Lipinski definition) is 3. The minimum Gasteiger partial charge on any atom is -0.312 e. The summed E-state index contributed by atoms with van der Waals surface area (Å²) in [5.74, 6) is -0.288. The summed E-state index contributed by atoms with van der Waals surface area (Å²) in [7, 11) is -3.56. The fourth-order valence-electron chi connectivity index (χ4n) is 4.31. The van der Waals surface area contributed by atoms with Crippen LogP contribution in [0.4, 0.5) is 5.69 Å². The molecule has 2 aromatic rings. The SMILES string of the molecule is O=C(C1CCN(S(=O)(=O)Cc2c(Cl)cccc2Cl)CC1)N1CCCc2ccccc21. The summed E-state index contributed by atoms with van der Waals surface area (Å²) < 4.78 is 27.3. The number of rotatable bonds is 4. The largest absolute Gasteiger partial charge is 0.312 e. The molecule has 0 aliphatic carbocycles. The van der Waals surface area contributed by atoms with E-state index in [0.717, 1.165) is 25.1 Å². The fraction of sp³-hybridized carbons (Fsp3) is 0.409. The Bertz CT molecular complexity index is 1030. The van der Waals surface area contributed by atoms with Crippen LogP contribution < -0.4 is 4.90 Å². The van der Waals surface area contributed by atoms with E-state index in [1.165, 1.54) is 9.87 Å². The number of piperidine rings is 1. The number of hydrogen-bond donors (Lipinski definition) is 0. The van der Waals surface area contributed by atoms with Crippen molar-refractivity contribution in [1.82, 2.24) is 4.31 Å².